The molecule has 4 heteroatoms. The zero-order valence-corrected chi connectivity index (χ0v) is 12.3. The second kappa shape index (κ2) is 7.74. The summed E-state index contributed by atoms with van der Waals surface area (Å²) in [5.41, 5.74) is 0. The first-order valence-electron chi connectivity index (χ1n) is 7.17. The molecule has 0 aliphatic carbocycles. The number of likely N-dealkylation sites (N-methyl/N-ethyl adjacent to an activating group) is 1. The van der Waals surface area contributed by atoms with Gasteiger partial charge in [0.15, 0.2) is 0 Å². The third-order valence-corrected chi connectivity index (χ3v) is 3.52. The highest BCUT2D eigenvalue weighted by Gasteiger charge is 2.35. The molecule has 1 fully saturated rings. The molecule has 18 heavy (non-hydrogen) atoms. The minimum atomic E-state index is -0.0394. The van der Waals surface area contributed by atoms with Gasteiger partial charge in [-0.2, -0.15) is 0 Å². The smallest absolute Gasteiger partial charge is 0.323 e. The van der Waals surface area contributed by atoms with Crippen molar-refractivity contribution in [2.75, 3.05) is 33.8 Å². The number of ether oxygens (including phenoxy) is 1. The van der Waals surface area contributed by atoms with Crippen LogP contribution in [0, 0.1) is 0 Å². The molecule has 0 aromatic heterocycles. The van der Waals surface area contributed by atoms with Crippen LogP contribution in [0.3, 0.4) is 0 Å². The number of carbonyl (C=O) groups is 1. The molecule has 0 spiro atoms. The second-order valence-corrected chi connectivity index (χ2v) is 5.35. The molecule has 106 valence electrons. The Morgan fingerprint density at radius 3 is 2.72 bits per heavy atom. The number of rotatable bonds is 7. The monoisotopic (exact) mass is 256 g/mol. The van der Waals surface area contributed by atoms with Crippen molar-refractivity contribution in [2.24, 2.45) is 0 Å². The van der Waals surface area contributed by atoms with Crippen molar-refractivity contribution in [1.82, 2.24) is 9.80 Å². The van der Waals surface area contributed by atoms with Gasteiger partial charge in [-0.15, -0.1) is 0 Å². The summed E-state index contributed by atoms with van der Waals surface area (Å²) in [6.45, 7) is 6.54. The summed E-state index contributed by atoms with van der Waals surface area (Å²) >= 11 is 0. The molecule has 1 saturated heterocycles. The molecule has 0 saturated carbocycles. The largest absolute Gasteiger partial charge is 0.465 e. The van der Waals surface area contributed by atoms with Gasteiger partial charge in [-0.3, -0.25) is 9.69 Å². The second-order valence-electron chi connectivity index (χ2n) is 5.35. The average Bonchev–Trinajstić information content (AvgIpc) is 2.73. The van der Waals surface area contributed by atoms with Gasteiger partial charge < -0.3 is 9.64 Å². The van der Waals surface area contributed by atoms with Crippen molar-refractivity contribution in [3.8, 4) is 0 Å². The van der Waals surface area contributed by atoms with E-state index in [4.69, 9.17) is 4.74 Å². The topological polar surface area (TPSA) is 32.8 Å². The van der Waals surface area contributed by atoms with E-state index in [-0.39, 0.29) is 12.0 Å². The fourth-order valence-electron chi connectivity index (χ4n) is 2.82. The molecule has 0 N–H and O–H groups in total. The van der Waals surface area contributed by atoms with Crippen LogP contribution in [0.2, 0.25) is 0 Å². The van der Waals surface area contributed by atoms with Crippen LogP contribution in [0.5, 0.6) is 0 Å². The fourth-order valence-corrected chi connectivity index (χ4v) is 2.82. The van der Waals surface area contributed by atoms with Gasteiger partial charge in [0, 0.05) is 12.6 Å². The highest BCUT2D eigenvalue weighted by atomic mass is 16.5. The molecule has 2 atom stereocenters. The summed E-state index contributed by atoms with van der Waals surface area (Å²) in [7, 11) is 4.19. The van der Waals surface area contributed by atoms with Crippen molar-refractivity contribution in [1.29, 1.82) is 0 Å². The fraction of sp³-hybridized carbons (Fsp3) is 0.929. The van der Waals surface area contributed by atoms with Gasteiger partial charge in [-0.05, 0) is 46.8 Å². The van der Waals surface area contributed by atoms with E-state index < -0.39 is 0 Å². The Bertz CT molecular complexity index is 256. The van der Waals surface area contributed by atoms with Crippen molar-refractivity contribution in [2.45, 2.75) is 51.6 Å². The van der Waals surface area contributed by atoms with Gasteiger partial charge in [-0.25, -0.2) is 0 Å². The van der Waals surface area contributed by atoms with Crippen molar-refractivity contribution in [3.05, 3.63) is 0 Å². The summed E-state index contributed by atoms with van der Waals surface area (Å²) in [4.78, 5) is 16.6. The third-order valence-electron chi connectivity index (χ3n) is 3.52. The van der Waals surface area contributed by atoms with Crippen LogP contribution in [0.15, 0.2) is 0 Å². The van der Waals surface area contributed by atoms with E-state index in [1.807, 2.05) is 6.92 Å². The number of carbonyl (C=O) groups excluding carboxylic acids is 1. The van der Waals surface area contributed by atoms with Crippen molar-refractivity contribution < 1.29 is 9.53 Å². The maximum Gasteiger partial charge on any atom is 0.323 e. The number of hydrogen-bond acceptors (Lipinski definition) is 4. The molecule has 2 unspecified atom stereocenters. The molecular weight excluding hydrogens is 228 g/mol. The van der Waals surface area contributed by atoms with E-state index in [9.17, 15) is 4.79 Å². The van der Waals surface area contributed by atoms with E-state index in [2.05, 4.69) is 30.8 Å². The van der Waals surface area contributed by atoms with Crippen molar-refractivity contribution in [3.63, 3.8) is 0 Å². The first kappa shape index (κ1) is 15.4. The third kappa shape index (κ3) is 4.25. The van der Waals surface area contributed by atoms with Gasteiger partial charge in [0.25, 0.3) is 0 Å². The molecule has 1 heterocycles. The Hall–Kier alpha value is -0.610. The van der Waals surface area contributed by atoms with Crippen molar-refractivity contribution >= 4 is 5.97 Å². The van der Waals surface area contributed by atoms with E-state index in [1.54, 1.807) is 0 Å². The molecule has 0 aromatic carbocycles. The molecular formula is C14H28N2O2. The van der Waals surface area contributed by atoms with E-state index in [0.29, 0.717) is 12.6 Å². The highest BCUT2D eigenvalue weighted by Crippen LogP contribution is 2.23. The Morgan fingerprint density at radius 2 is 2.17 bits per heavy atom. The highest BCUT2D eigenvalue weighted by molar-refractivity contribution is 5.75. The van der Waals surface area contributed by atoms with Crippen LogP contribution in [-0.4, -0.2) is 61.6 Å². The minimum absolute atomic E-state index is 0.0370. The van der Waals surface area contributed by atoms with E-state index in [0.717, 1.165) is 25.9 Å². The number of nitrogens with zero attached hydrogens (tertiary/aromatic N) is 2. The normalized spacial score (nSPS) is 22.4. The van der Waals surface area contributed by atoms with Gasteiger partial charge >= 0.3 is 5.97 Å². The lowest BCUT2D eigenvalue weighted by molar-refractivity contribution is -0.150. The molecule has 4 nitrogen and oxygen atoms in total. The van der Waals surface area contributed by atoms with E-state index in [1.165, 1.54) is 12.8 Å². The molecule has 0 aromatic rings. The molecule has 1 rings (SSSR count). The predicted octanol–water partition coefficient (Wildman–Crippen LogP) is 1.74. The summed E-state index contributed by atoms with van der Waals surface area (Å²) in [6, 6.07) is 0.461. The SMILES string of the molecule is CCCC(C(=O)OCC)N1CCCC1CN(C)C. The van der Waals surface area contributed by atoms with Crippen LogP contribution in [0.1, 0.15) is 39.5 Å². The molecule has 0 bridgehead atoms. The number of esters is 1. The maximum absolute atomic E-state index is 12.1. The predicted molar refractivity (Wildman–Crippen MR) is 73.6 cm³/mol. The van der Waals surface area contributed by atoms with Crippen LogP contribution < -0.4 is 0 Å². The zero-order valence-electron chi connectivity index (χ0n) is 12.3. The summed E-state index contributed by atoms with van der Waals surface area (Å²) in [5, 5.41) is 0. The Kier molecular flexibility index (Phi) is 6.65. The Balaban J connectivity index is 2.67. The van der Waals surface area contributed by atoms with Gasteiger partial charge in [-0.1, -0.05) is 13.3 Å². The lowest BCUT2D eigenvalue weighted by Gasteiger charge is -2.32. The van der Waals surface area contributed by atoms with Crippen LogP contribution >= 0.6 is 0 Å². The minimum Gasteiger partial charge on any atom is -0.465 e. The molecule has 1 aliphatic rings. The maximum atomic E-state index is 12.1. The zero-order chi connectivity index (χ0) is 13.5. The quantitative estimate of drug-likeness (QED) is 0.650. The molecule has 0 amide bonds. The lowest BCUT2D eigenvalue weighted by Crippen LogP contribution is -2.48. The molecule has 0 radical (unpaired) electrons. The first-order chi connectivity index (χ1) is 8.60. The van der Waals surface area contributed by atoms with Gasteiger partial charge in [0.05, 0.1) is 6.61 Å². The van der Waals surface area contributed by atoms with E-state index >= 15 is 0 Å². The number of hydrogen-bond donors (Lipinski definition) is 0. The summed E-state index contributed by atoms with van der Waals surface area (Å²) in [5.74, 6) is -0.0370. The molecule has 1 aliphatic heterocycles. The summed E-state index contributed by atoms with van der Waals surface area (Å²) in [6.07, 6.45) is 4.31. The first-order valence-corrected chi connectivity index (χ1v) is 7.17. The Morgan fingerprint density at radius 1 is 1.44 bits per heavy atom. The van der Waals surface area contributed by atoms with Gasteiger partial charge in [0.1, 0.15) is 6.04 Å². The Labute approximate surface area is 111 Å². The van der Waals surface area contributed by atoms with Gasteiger partial charge in [0.2, 0.25) is 0 Å². The summed E-state index contributed by atoms with van der Waals surface area (Å²) < 4.78 is 5.23. The average molecular weight is 256 g/mol. The van der Waals surface area contributed by atoms with Crippen LogP contribution in [0.4, 0.5) is 0 Å². The lowest BCUT2D eigenvalue weighted by atomic mass is 10.1. The van der Waals surface area contributed by atoms with Crippen LogP contribution in [0.25, 0.3) is 0 Å². The van der Waals surface area contributed by atoms with Crippen LogP contribution in [-0.2, 0) is 9.53 Å². The standard InChI is InChI=1S/C14H28N2O2/c1-5-8-13(14(17)18-6-2)16-10-7-9-12(16)11-15(3)4/h12-13H,5-11H2,1-4H3. The number of likely N-dealkylation sites (tertiary alicyclic amines) is 1.